The Morgan fingerprint density at radius 1 is 0.863 bits per heavy atom. The first-order valence-corrected chi connectivity index (χ1v) is 18.8. The zero-order valence-electron chi connectivity index (χ0n) is 33.4. The number of nitrogens with zero attached hydrogens (tertiary/aromatic N) is 1. The molecule has 3 aliphatic rings. The van der Waals surface area contributed by atoms with Gasteiger partial charge < -0.3 is 53.7 Å². The lowest BCUT2D eigenvalue weighted by Crippen LogP contribution is -2.60. The molecule has 4 N–H and O–H groups in total. The lowest BCUT2D eigenvalue weighted by molar-refractivity contribution is -0.317. The van der Waals surface area contributed by atoms with Gasteiger partial charge in [-0.2, -0.15) is 0 Å². The molecule has 0 radical (unpaired) electrons. The highest BCUT2D eigenvalue weighted by molar-refractivity contribution is 5.83. The molecule has 298 valence electrons. The summed E-state index contributed by atoms with van der Waals surface area (Å²) >= 11 is 0. The number of cyclic esters (lactones) is 1. The van der Waals surface area contributed by atoms with Crippen molar-refractivity contribution in [3.63, 3.8) is 0 Å². The van der Waals surface area contributed by atoms with E-state index in [0.29, 0.717) is 6.42 Å². The molecule has 0 aliphatic carbocycles. The topological polar surface area (TPSA) is 174 Å². The number of ketones is 1. The number of aliphatic hydroxyl groups excluding tert-OH is 3. The fourth-order valence-corrected chi connectivity index (χ4v) is 8.60. The Hall–Kier alpha value is -1.26. The van der Waals surface area contributed by atoms with Crippen molar-refractivity contribution in [2.75, 3.05) is 21.2 Å². The second-order valence-corrected chi connectivity index (χ2v) is 17.0. The molecule has 3 fully saturated rings. The Bertz CT molecular complexity index is 1150. The second kappa shape index (κ2) is 17.5. The summed E-state index contributed by atoms with van der Waals surface area (Å²) in [7, 11) is 5.24. The van der Waals surface area contributed by atoms with Crippen LogP contribution in [0.15, 0.2) is 0 Å². The molecule has 3 saturated heterocycles. The molecule has 3 rings (SSSR count). The van der Waals surface area contributed by atoms with E-state index in [-0.39, 0.29) is 36.7 Å². The maximum Gasteiger partial charge on any atom is 0.311 e. The second-order valence-electron chi connectivity index (χ2n) is 17.0. The number of hydrogen-bond acceptors (Lipinski definition) is 13. The maximum absolute atomic E-state index is 14.2. The predicted octanol–water partition coefficient (Wildman–Crippen LogP) is 2.92. The molecule has 51 heavy (non-hydrogen) atoms. The third-order valence-corrected chi connectivity index (χ3v) is 11.9. The lowest BCUT2D eigenvalue weighted by atomic mass is 9.74. The molecule has 1 unspecified atom stereocenters. The Morgan fingerprint density at radius 2 is 1.47 bits per heavy atom. The summed E-state index contributed by atoms with van der Waals surface area (Å²) in [5.41, 5.74) is -2.74. The summed E-state index contributed by atoms with van der Waals surface area (Å²) in [5, 5.41) is 46.2. The van der Waals surface area contributed by atoms with Crippen LogP contribution in [0.25, 0.3) is 0 Å². The molecule has 0 amide bonds. The average Bonchev–Trinajstić information content (AvgIpc) is 3.05. The number of likely N-dealkylation sites (N-methyl/N-ethyl adjacent to an activating group) is 1. The first kappa shape index (κ1) is 44.1. The minimum atomic E-state index is -1.73. The molecule has 0 aromatic carbocycles. The van der Waals surface area contributed by atoms with E-state index < -0.39 is 102 Å². The van der Waals surface area contributed by atoms with Crippen LogP contribution in [0.1, 0.15) is 95.4 Å². The highest BCUT2D eigenvalue weighted by atomic mass is 16.7. The third kappa shape index (κ3) is 9.89. The maximum atomic E-state index is 14.2. The number of hydrogen-bond donors (Lipinski definition) is 4. The first-order valence-electron chi connectivity index (χ1n) is 18.8. The van der Waals surface area contributed by atoms with E-state index in [1.54, 1.807) is 55.4 Å². The minimum Gasteiger partial charge on any atom is -0.461 e. The molecule has 18 atom stereocenters. The van der Waals surface area contributed by atoms with E-state index in [1.807, 2.05) is 39.8 Å². The molecule has 0 spiro atoms. The highest BCUT2D eigenvalue weighted by Gasteiger charge is 2.52. The SMILES string of the molecule is CO[C@]1(C)C[C@H](OC2[C@@H](C)C(=O)O[C@H](C(C)C)[C@H](C)[C@H](O)[C@@H](C)C(=O)[C@H](C)C[C@@](C)(O)[C@H](O[C@@H]3O[C@H](C)C[C@H](N(C)C)[C@H]3O)[C@H]2C)O[C@@H](C)[C@@H]1O. The molecule has 0 aromatic heterocycles. The van der Waals surface area contributed by atoms with E-state index in [0.717, 1.165) is 0 Å². The summed E-state index contributed by atoms with van der Waals surface area (Å²) in [4.78, 5) is 29.9. The number of carbonyl (C=O) groups excluding carboxylic acids is 2. The standard InChI is InChI=1S/C38H69NO12/c1-18(2)31-22(6)29(41)21(5)28(40)19(3)16-37(10,45)34(51-36-30(42)26(39(12)13)15-20(4)47-36)23(7)32(24(8)35(44)50-31)49-27-17-38(11,46-14)33(43)25(9)48-27/h18-27,29-34,36,41-43,45H,15-17H2,1-14H3/t19-,20-,21+,22-,23+,24-,25+,26+,27+,29-,30-,31-,32?,33+,34-,36+,37-,38-/m1/s1. The van der Waals surface area contributed by atoms with E-state index in [2.05, 4.69) is 0 Å². The van der Waals surface area contributed by atoms with E-state index in [1.165, 1.54) is 7.11 Å². The third-order valence-electron chi connectivity index (χ3n) is 11.9. The minimum absolute atomic E-state index is 0.0498. The smallest absolute Gasteiger partial charge is 0.311 e. The lowest BCUT2D eigenvalue weighted by Gasteiger charge is -2.49. The van der Waals surface area contributed by atoms with Gasteiger partial charge in [0.25, 0.3) is 0 Å². The zero-order chi connectivity index (χ0) is 38.9. The highest BCUT2D eigenvalue weighted by Crippen LogP contribution is 2.40. The Morgan fingerprint density at radius 3 is 2.02 bits per heavy atom. The summed E-state index contributed by atoms with van der Waals surface area (Å²) in [5.74, 6) is -4.84. The summed E-state index contributed by atoms with van der Waals surface area (Å²) in [6.45, 7) is 19.4. The van der Waals surface area contributed by atoms with Crippen molar-refractivity contribution in [1.29, 1.82) is 0 Å². The Kier molecular flexibility index (Phi) is 15.1. The number of carbonyl (C=O) groups is 2. The molecule has 3 heterocycles. The number of aliphatic hydroxyl groups is 4. The molecular formula is C38H69NO12. The number of rotatable bonds is 7. The number of Topliss-reactive ketones (excluding diaryl/α,β-unsaturated/α-hetero) is 1. The van der Waals surface area contributed by atoms with Crippen LogP contribution in [-0.2, 0) is 38.0 Å². The molecule has 3 aliphatic heterocycles. The van der Waals surface area contributed by atoms with E-state index >= 15 is 0 Å². The number of esters is 1. The van der Waals surface area contributed by atoms with Gasteiger partial charge in [0.15, 0.2) is 12.6 Å². The fraction of sp³-hybridized carbons (Fsp3) is 0.947. The van der Waals surface area contributed by atoms with Crippen LogP contribution in [0.2, 0.25) is 0 Å². The van der Waals surface area contributed by atoms with Crippen LogP contribution in [0, 0.1) is 35.5 Å². The van der Waals surface area contributed by atoms with Crippen molar-refractivity contribution in [2.24, 2.45) is 35.5 Å². The van der Waals surface area contributed by atoms with E-state index in [4.69, 9.17) is 28.4 Å². The van der Waals surface area contributed by atoms with Crippen molar-refractivity contribution in [1.82, 2.24) is 4.90 Å². The van der Waals surface area contributed by atoms with Crippen molar-refractivity contribution in [3.8, 4) is 0 Å². The summed E-state index contributed by atoms with van der Waals surface area (Å²) in [6.07, 6.45) is -8.41. The largest absolute Gasteiger partial charge is 0.461 e. The van der Waals surface area contributed by atoms with Crippen LogP contribution < -0.4 is 0 Å². The van der Waals surface area contributed by atoms with Crippen LogP contribution in [0.5, 0.6) is 0 Å². The average molecular weight is 732 g/mol. The zero-order valence-corrected chi connectivity index (χ0v) is 33.4. The van der Waals surface area contributed by atoms with Gasteiger partial charge >= 0.3 is 5.97 Å². The molecule has 0 aromatic rings. The Labute approximate surface area is 305 Å². The molecule has 0 bridgehead atoms. The van der Waals surface area contributed by atoms with Gasteiger partial charge in [-0.25, -0.2) is 0 Å². The Balaban J connectivity index is 2.18. The number of methoxy groups -OCH3 is 1. The van der Waals surface area contributed by atoms with Crippen molar-refractivity contribution in [2.45, 2.75) is 174 Å². The van der Waals surface area contributed by atoms with Crippen LogP contribution >= 0.6 is 0 Å². The van der Waals surface area contributed by atoms with Gasteiger partial charge in [0.2, 0.25) is 0 Å². The van der Waals surface area contributed by atoms with Crippen LogP contribution in [0.3, 0.4) is 0 Å². The molecule has 13 heteroatoms. The summed E-state index contributed by atoms with van der Waals surface area (Å²) in [6, 6.07) is -0.300. The van der Waals surface area contributed by atoms with Gasteiger partial charge in [0.05, 0.1) is 47.6 Å². The van der Waals surface area contributed by atoms with Gasteiger partial charge in [-0.05, 0) is 67.5 Å². The molecule has 0 saturated carbocycles. The predicted molar refractivity (Wildman–Crippen MR) is 189 cm³/mol. The first-order chi connectivity index (χ1) is 23.5. The van der Waals surface area contributed by atoms with Crippen molar-refractivity contribution < 1.29 is 58.4 Å². The van der Waals surface area contributed by atoms with Gasteiger partial charge in [-0.1, -0.05) is 41.5 Å². The van der Waals surface area contributed by atoms with Gasteiger partial charge in [0.1, 0.15) is 24.1 Å². The quantitative estimate of drug-likeness (QED) is 0.282. The fourth-order valence-electron chi connectivity index (χ4n) is 8.60. The van der Waals surface area contributed by atoms with Crippen LogP contribution in [-0.4, -0.2) is 137 Å². The van der Waals surface area contributed by atoms with Gasteiger partial charge in [-0.3, -0.25) is 9.59 Å². The van der Waals surface area contributed by atoms with E-state index in [9.17, 15) is 30.0 Å². The van der Waals surface area contributed by atoms with Gasteiger partial charge in [0, 0.05) is 43.2 Å². The van der Waals surface area contributed by atoms with Crippen LogP contribution in [0.4, 0.5) is 0 Å². The molecule has 13 nitrogen and oxygen atoms in total. The summed E-state index contributed by atoms with van der Waals surface area (Å²) < 4.78 is 37.5. The molecular weight excluding hydrogens is 662 g/mol. The van der Waals surface area contributed by atoms with Gasteiger partial charge in [-0.15, -0.1) is 0 Å². The van der Waals surface area contributed by atoms with Crippen molar-refractivity contribution in [3.05, 3.63) is 0 Å². The normalized spacial score (nSPS) is 48.4. The number of ether oxygens (including phenoxy) is 6. The monoisotopic (exact) mass is 731 g/mol. The van der Waals surface area contributed by atoms with Crippen molar-refractivity contribution >= 4 is 11.8 Å².